The highest BCUT2D eigenvalue weighted by molar-refractivity contribution is 4.91. The Bertz CT molecular complexity index is 193. The molecular weight excluding hydrogens is 200 g/mol. The molecule has 0 amide bonds. The zero-order valence-corrected chi connectivity index (χ0v) is 11.2. The van der Waals surface area contributed by atoms with Crippen molar-refractivity contribution in [2.45, 2.75) is 38.8 Å². The fourth-order valence-corrected chi connectivity index (χ4v) is 2.79. The fourth-order valence-electron chi connectivity index (χ4n) is 2.79. The molecule has 0 aromatic rings. The molecule has 0 saturated carbocycles. The normalized spacial score (nSPS) is 26.2. The van der Waals surface area contributed by atoms with Gasteiger partial charge in [-0.3, -0.25) is 16.2 Å². The van der Waals surface area contributed by atoms with E-state index in [0.29, 0.717) is 18.0 Å². The van der Waals surface area contributed by atoms with Gasteiger partial charge in [0.05, 0.1) is 0 Å². The molecule has 0 radical (unpaired) electrons. The first-order valence-corrected chi connectivity index (χ1v) is 6.48. The summed E-state index contributed by atoms with van der Waals surface area (Å²) >= 11 is 0. The molecule has 3 N–H and O–H groups in total. The SMILES string of the molecule is CCC(CC)C(NN)C1CN(C)CCN1C. The Morgan fingerprint density at radius 3 is 2.38 bits per heavy atom. The summed E-state index contributed by atoms with van der Waals surface area (Å²) in [6.07, 6.45) is 2.39. The molecule has 0 aliphatic carbocycles. The van der Waals surface area contributed by atoms with Crippen molar-refractivity contribution in [2.75, 3.05) is 33.7 Å². The van der Waals surface area contributed by atoms with Crippen LogP contribution in [-0.4, -0.2) is 55.6 Å². The van der Waals surface area contributed by atoms with Gasteiger partial charge in [0.1, 0.15) is 0 Å². The largest absolute Gasteiger partial charge is 0.303 e. The molecule has 1 rings (SSSR count). The fraction of sp³-hybridized carbons (Fsp3) is 1.00. The first-order chi connectivity index (χ1) is 7.63. The van der Waals surface area contributed by atoms with Crippen molar-refractivity contribution in [3.63, 3.8) is 0 Å². The standard InChI is InChI=1S/C12H28N4/c1-5-10(6-2)12(14-13)11-9-15(3)7-8-16(11)4/h10-12,14H,5-9,13H2,1-4H3. The second-order valence-electron chi connectivity index (χ2n) is 5.08. The predicted octanol–water partition coefficient (Wildman–Crippen LogP) is 0.500. The third-order valence-electron chi connectivity index (χ3n) is 4.06. The Morgan fingerprint density at radius 2 is 1.88 bits per heavy atom. The Labute approximate surface area is 100 Å². The summed E-state index contributed by atoms with van der Waals surface area (Å²) < 4.78 is 0. The van der Waals surface area contributed by atoms with Crippen molar-refractivity contribution in [1.82, 2.24) is 15.2 Å². The average molecular weight is 228 g/mol. The van der Waals surface area contributed by atoms with Crippen LogP contribution in [0.1, 0.15) is 26.7 Å². The zero-order valence-electron chi connectivity index (χ0n) is 11.2. The maximum atomic E-state index is 5.77. The van der Waals surface area contributed by atoms with E-state index in [4.69, 9.17) is 5.84 Å². The maximum absolute atomic E-state index is 5.77. The van der Waals surface area contributed by atoms with Crippen molar-refractivity contribution < 1.29 is 0 Å². The molecule has 4 nitrogen and oxygen atoms in total. The highest BCUT2D eigenvalue weighted by Crippen LogP contribution is 2.20. The Hall–Kier alpha value is -0.160. The molecule has 96 valence electrons. The molecule has 1 saturated heterocycles. The Balaban J connectivity index is 2.68. The molecule has 0 spiro atoms. The predicted molar refractivity (Wildman–Crippen MR) is 69.1 cm³/mol. The Morgan fingerprint density at radius 1 is 1.25 bits per heavy atom. The van der Waals surface area contributed by atoms with Crippen molar-refractivity contribution in [3.05, 3.63) is 0 Å². The molecule has 2 atom stereocenters. The van der Waals surface area contributed by atoms with Crippen molar-refractivity contribution in [1.29, 1.82) is 0 Å². The summed E-state index contributed by atoms with van der Waals surface area (Å²) in [6.45, 7) is 7.92. The zero-order chi connectivity index (χ0) is 12.1. The van der Waals surface area contributed by atoms with Crippen LogP contribution in [0.4, 0.5) is 0 Å². The summed E-state index contributed by atoms with van der Waals surface area (Å²) in [6, 6.07) is 0.941. The van der Waals surface area contributed by atoms with Gasteiger partial charge in [0, 0.05) is 31.7 Å². The number of hydrazine groups is 1. The third-order valence-corrected chi connectivity index (χ3v) is 4.06. The van der Waals surface area contributed by atoms with E-state index in [2.05, 4.69) is 43.2 Å². The molecule has 1 heterocycles. The Kier molecular flexibility index (Phi) is 5.69. The number of hydrogen-bond donors (Lipinski definition) is 2. The number of rotatable bonds is 5. The van der Waals surface area contributed by atoms with Gasteiger partial charge in [-0.25, -0.2) is 0 Å². The van der Waals surface area contributed by atoms with Crippen molar-refractivity contribution in [2.24, 2.45) is 11.8 Å². The number of nitrogens with zero attached hydrogens (tertiary/aromatic N) is 2. The minimum Gasteiger partial charge on any atom is -0.303 e. The lowest BCUT2D eigenvalue weighted by Crippen LogP contribution is -2.62. The number of nitrogens with one attached hydrogen (secondary N) is 1. The monoisotopic (exact) mass is 228 g/mol. The summed E-state index contributed by atoms with van der Waals surface area (Å²) in [7, 11) is 4.41. The van der Waals surface area contributed by atoms with Gasteiger partial charge in [0.25, 0.3) is 0 Å². The molecule has 0 aromatic carbocycles. The van der Waals surface area contributed by atoms with Crippen LogP contribution in [0.5, 0.6) is 0 Å². The number of hydrogen-bond acceptors (Lipinski definition) is 4. The first-order valence-electron chi connectivity index (χ1n) is 6.48. The molecule has 0 bridgehead atoms. The summed E-state index contributed by atoms with van der Waals surface area (Å²) in [5.74, 6) is 6.44. The van der Waals surface area contributed by atoms with E-state index in [9.17, 15) is 0 Å². The molecule has 1 aliphatic rings. The molecule has 0 aromatic heterocycles. The molecule has 1 aliphatic heterocycles. The smallest absolute Gasteiger partial charge is 0.0406 e. The van der Waals surface area contributed by atoms with E-state index in [0.717, 1.165) is 19.6 Å². The van der Waals surface area contributed by atoms with Crippen LogP contribution in [0, 0.1) is 5.92 Å². The highest BCUT2D eigenvalue weighted by Gasteiger charge is 2.32. The first kappa shape index (κ1) is 13.9. The second-order valence-corrected chi connectivity index (χ2v) is 5.08. The van der Waals surface area contributed by atoms with Crippen LogP contribution >= 0.6 is 0 Å². The lowest BCUT2D eigenvalue weighted by molar-refractivity contribution is 0.0679. The molecule has 1 fully saturated rings. The van der Waals surface area contributed by atoms with Gasteiger partial charge in [0.15, 0.2) is 0 Å². The van der Waals surface area contributed by atoms with Gasteiger partial charge in [-0.1, -0.05) is 26.7 Å². The number of nitrogens with two attached hydrogens (primary N) is 1. The highest BCUT2D eigenvalue weighted by atomic mass is 15.3. The minimum absolute atomic E-state index is 0.405. The molecular formula is C12H28N4. The quantitative estimate of drug-likeness (QED) is 0.531. The molecule has 4 heteroatoms. The van der Waals surface area contributed by atoms with Crippen LogP contribution < -0.4 is 11.3 Å². The molecule has 2 unspecified atom stereocenters. The maximum Gasteiger partial charge on any atom is 0.0406 e. The van der Waals surface area contributed by atoms with Crippen molar-refractivity contribution >= 4 is 0 Å². The van der Waals surface area contributed by atoms with Gasteiger partial charge in [0.2, 0.25) is 0 Å². The summed E-state index contributed by atoms with van der Waals surface area (Å²) in [5.41, 5.74) is 3.06. The van der Waals surface area contributed by atoms with E-state index < -0.39 is 0 Å². The van der Waals surface area contributed by atoms with Crippen LogP contribution in [0.15, 0.2) is 0 Å². The minimum atomic E-state index is 0.405. The topological polar surface area (TPSA) is 44.5 Å². The van der Waals surface area contributed by atoms with E-state index in [1.807, 2.05) is 0 Å². The van der Waals surface area contributed by atoms with E-state index in [1.54, 1.807) is 0 Å². The van der Waals surface area contributed by atoms with Crippen molar-refractivity contribution in [3.8, 4) is 0 Å². The third kappa shape index (κ3) is 3.17. The van der Waals surface area contributed by atoms with E-state index in [1.165, 1.54) is 12.8 Å². The van der Waals surface area contributed by atoms with Gasteiger partial charge in [-0.2, -0.15) is 0 Å². The van der Waals surface area contributed by atoms with Gasteiger partial charge in [-0.15, -0.1) is 0 Å². The van der Waals surface area contributed by atoms with Crippen LogP contribution in [-0.2, 0) is 0 Å². The molecule has 16 heavy (non-hydrogen) atoms. The van der Waals surface area contributed by atoms with E-state index >= 15 is 0 Å². The van der Waals surface area contributed by atoms with Crippen LogP contribution in [0.3, 0.4) is 0 Å². The van der Waals surface area contributed by atoms with Gasteiger partial charge < -0.3 is 4.90 Å². The number of likely N-dealkylation sites (N-methyl/N-ethyl adjacent to an activating group) is 2. The number of piperazine rings is 1. The van der Waals surface area contributed by atoms with Gasteiger partial charge in [-0.05, 0) is 20.0 Å². The summed E-state index contributed by atoms with van der Waals surface area (Å²) in [5, 5.41) is 0. The summed E-state index contributed by atoms with van der Waals surface area (Å²) in [4.78, 5) is 4.85. The van der Waals surface area contributed by atoms with Gasteiger partial charge >= 0.3 is 0 Å². The van der Waals surface area contributed by atoms with Crippen LogP contribution in [0.25, 0.3) is 0 Å². The second kappa shape index (κ2) is 6.55. The lowest BCUT2D eigenvalue weighted by Gasteiger charge is -2.44. The van der Waals surface area contributed by atoms with E-state index in [-0.39, 0.29) is 0 Å². The lowest BCUT2D eigenvalue weighted by atomic mass is 9.87. The average Bonchev–Trinajstić information content (AvgIpc) is 2.29. The van der Waals surface area contributed by atoms with Crippen LogP contribution in [0.2, 0.25) is 0 Å².